The van der Waals surface area contributed by atoms with E-state index in [4.69, 9.17) is 0 Å². The summed E-state index contributed by atoms with van der Waals surface area (Å²) in [7, 11) is 1.85. The zero-order valence-corrected chi connectivity index (χ0v) is 14.3. The number of nitrogens with zero attached hydrogens (tertiary/aromatic N) is 3. The van der Waals surface area contributed by atoms with Gasteiger partial charge in [-0.2, -0.15) is 0 Å². The van der Waals surface area contributed by atoms with E-state index < -0.39 is 17.5 Å². The minimum Gasteiger partial charge on any atom is -0.322 e. The first kappa shape index (κ1) is 16.8. The number of anilines is 1. The fourth-order valence-electron chi connectivity index (χ4n) is 2.86. The molecule has 1 amide bonds. The van der Waals surface area contributed by atoms with Crippen LogP contribution in [0.3, 0.4) is 0 Å². The summed E-state index contributed by atoms with van der Waals surface area (Å²) >= 11 is 0. The van der Waals surface area contributed by atoms with Crippen molar-refractivity contribution in [1.82, 2.24) is 14.5 Å². The highest BCUT2D eigenvalue weighted by Gasteiger charge is 2.13. The average Bonchev–Trinajstić information content (AvgIpc) is 3.02. The van der Waals surface area contributed by atoms with E-state index in [-0.39, 0.29) is 5.69 Å². The van der Waals surface area contributed by atoms with Crippen LogP contribution >= 0.6 is 0 Å². The summed E-state index contributed by atoms with van der Waals surface area (Å²) in [6, 6.07) is 13.8. The second kappa shape index (κ2) is 6.60. The van der Waals surface area contributed by atoms with E-state index in [1.807, 2.05) is 29.8 Å². The highest BCUT2D eigenvalue weighted by atomic mass is 19.2. The van der Waals surface area contributed by atoms with E-state index in [0.29, 0.717) is 11.4 Å². The fourth-order valence-corrected chi connectivity index (χ4v) is 2.86. The van der Waals surface area contributed by atoms with Gasteiger partial charge in [0.2, 0.25) is 0 Å². The molecule has 5 nitrogen and oxygen atoms in total. The molecule has 0 aliphatic heterocycles. The summed E-state index contributed by atoms with van der Waals surface area (Å²) in [6.45, 7) is 0. The maximum atomic E-state index is 13.3. The number of amides is 1. The van der Waals surface area contributed by atoms with E-state index in [1.54, 1.807) is 24.4 Å². The van der Waals surface area contributed by atoms with Gasteiger partial charge in [0.25, 0.3) is 5.91 Å². The van der Waals surface area contributed by atoms with Crippen LogP contribution in [0.4, 0.5) is 14.5 Å². The Morgan fingerprint density at radius 1 is 1.04 bits per heavy atom. The van der Waals surface area contributed by atoms with Crippen molar-refractivity contribution in [3.05, 3.63) is 78.0 Å². The maximum absolute atomic E-state index is 13.3. The number of hydrogen-bond donors (Lipinski definition) is 1. The van der Waals surface area contributed by atoms with Crippen molar-refractivity contribution in [1.29, 1.82) is 0 Å². The van der Waals surface area contributed by atoms with Gasteiger partial charge in [-0.3, -0.25) is 4.79 Å². The number of nitrogens with one attached hydrogen (secondary N) is 1. The maximum Gasteiger partial charge on any atom is 0.255 e. The van der Waals surface area contributed by atoms with Gasteiger partial charge in [0, 0.05) is 36.1 Å². The molecule has 2 heterocycles. The lowest BCUT2D eigenvalue weighted by Crippen LogP contribution is -2.12. The molecule has 0 aliphatic rings. The molecule has 1 N–H and O–H groups in total. The molecule has 0 spiro atoms. The highest BCUT2D eigenvalue weighted by Crippen LogP contribution is 2.23. The van der Waals surface area contributed by atoms with Gasteiger partial charge in [-0.25, -0.2) is 18.7 Å². The van der Waals surface area contributed by atoms with Crippen molar-refractivity contribution < 1.29 is 13.6 Å². The molecule has 0 atom stereocenters. The monoisotopic (exact) mass is 364 g/mol. The van der Waals surface area contributed by atoms with Crippen molar-refractivity contribution in [2.45, 2.75) is 0 Å². The van der Waals surface area contributed by atoms with Crippen LogP contribution in [0.5, 0.6) is 0 Å². The Morgan fingerprint density at radius 3 is 2.67 bits per heavy atom. The van der Waals surface area contributed by atoms with Crippen LogP contribution in [0.25, 0.3) is 22.6 Å². The van der Waals surface area contributed by atoms with Gasteiger partial charge in [-0.1, -0.05) is 12.1 Å². The van der Waals surface area contributed by atoms with Gasteiger partial charge in [0.1, 0.15) is 11.3 Å². The number of carbonyl (C=O) groups is 1. The molecule has 0 saturated heterocycles. The molecule has 4 rings (SSSR count). The number of fused-ring (bicyclic) bond motifs is 1. The average molecular weight is 364 g/mol. The molecule has 0 aliphatic carbocycles. The number of pyridine rings is 1. The predicted octanol–water partition coefficient (Wildman–Crippen LogP) is 4.17. The summed E-state index contributed by atoms with van der Waals surface area (Å²) in [6.07, 6.45) is 1.69. The lowest BCUT2D eigenvalue weighted by molar-refractivity contribution is 0.102. The largest absolute Gasteiger partial charge is 0.322 e. The van der Waals surface area contributed by atoms with Gasteiger partial charge >= 0.3 is 0 Å². The van der Waals surface area contributed by atoms with E-state index in [1.165, 1.54) is 6.07 Å². The second-order valence-corrected chi connectivity index (χ2v) is 6.00. The second-order valence-electron chi connectivity index (χ2n) is 6.00. The Kier molecular flexibility index (Phi) is 4.12. The summed E-state index contributed by atoms with van der Waals surface area (Å²) in [4.78, 5) is 21.4. The van der Waals surface area contributed by atoms with Crippen LogP contribution in [0.2, 0.25) is 0 Å². The quantitative estimate of drug-likeness (QED) is 0.594. The molecule has 0 radical (unpaired) electrons. The molecule has 0 saturated carbocycles. The number of aromatic nitrogens is 3. The molecule has 0 unspecified atom stereocenters. The number of carbonyl (C=O) groups excluding carboxylic acids is 1. The van der Waals surface area contributed by atoms with Crippen molar-refractivity contribution in [3.8, 4) is 11.4 Å². The van der Waals surface area contributed by atoms with Crippen LogP contribution in [0.1, 0.15) is 10.4 Å². The number of hydrogen-bond acceptors (Lipinski definition) is 3. The number of benzene rings is 2. The number of halogens is 2. The van der Waals surface area contributed by atoms with Gasteiger partial charge < -0.3 is 9.88 Å². The van der Waals surface area contributed by atoms with Gasteiger partial charge in [-0.15, -0.1) is 0 Å². The molecule has 7 heteroatoms. The van der Waals surface area contributed by atoms with E-state index in [2.05, 4.69) is 15.3 Å². The summed E-state index contributed by atoms with van der Waals surface area (Å²) < 4.78 is 28.2. The van der Waals surface area contributed by atoms with Gasteiger partial charge in [0.05, 0.1) is 0 Å². The zero-order valence-electron chi connectivity index (χ0n) is 14.3. The molecular formula is C20H14F2N4O. The first-order valence-electron chi connectivity index (χ1n) is 8.17. The number of imidazole rings is 1. The van der Waals surface area contributed by atoms with Crippen LogP contribution < -0.4 is 5.32 Å². The molecule has 2 aromatic heterocycles. The van der Waals surface area contributed by atoms with E-state index >= 15 is 0 Å². The topological polar surface area (TPSA) is 59.8 Å². The molecule has 134 valence electrons. The lowest BCUT2D eigenvalue weighted by Gasteiger charge is -2.08. The SMILES string of the molecule is Cn1c(-c2cccc(C(=O)Nc3ccc(F)c(F)c3)c2)nc2cccnc21. The fraction of sp³-hybridized carbons (Fsp3) is 0.0500. The molecule has 4 aromatic rings. The Morgan fingerprint density at radius 2 is 1.89 bits per heavy atom. The van der Waals surface area contributed by atoms with Crippen LogP contribution in [-0.4, -0.2) is 20.4 Å². The van der Waals surface area contributed by atoms with Crippen molar-refractivity contribution >= 4 is 22.8 Å². The highest BCUT2D eigenvalue weighted by molar-refractivity contribution is 6.04. The molecular weight excluding hydrogens is 350 g/mol. The molecule has 0 bridgehead atoms. The third-order valence-electron chi connectivity index (χ3n) is 4.19. The third-order valence-corrected chi connectivity index (χ3v) is 4.19. The zero-order chi connectivity index (χ0) is 19.0. The minimum absolute atomic E-state index is 0.177. The first-order valence-corrected chi connectivity index (χ1v) is 8.17. The molecule has 2 aromatic carbocycles. The van der Waals surface area contributed by atoms with Crippen LogP contribution in [0.15, 0.2) is 60.8 Å². The minimum atomic E-state index is -1.02. The molecule has 0 fully saturated rings. The van der Waals surface area contributed by atoms with Crippen molar-refractivity contribution in [3.63, 3.8) is 0 Å². The Bertz CT molecular complexity index is 1170. The van der Waals surface area contributed by atoms with Crippen molar-refractivity contribution in [2.75, 3.05) is 5.32 Å². The normalized spacial score (nSPS) is 10.9. The lowest BCUT2D eigenvalue weighted by atomic mass is 10.1. The summed E-state index contributed by atoms with van der Waals surface area (Å²) in [5, 5.41) is 2.56. The Labute approximate surface area is 153 Å². The predicted molar refractivity (Wildman–Crippen MR) is 98.3 cm³/mol. The van der Waals surface area contributed by atoms with E-state index in [0.717, 1.165) is 28.9 Å². The number of rotatable bonds is 3. The van der Waals surface area contributed by atoms with Crippen LogP contribution in [0, 0.1) is 11.6 Å². The van der Waals surface area contributed by atoms with Crippen LogP contribution in [-0.2, 0) is 7.05 Å². The standard InChI is InChI=1S/C20H14F2N4O/c1-26-18(25-17-6-3-9-23-19(17)26)12-4-2-5-13(10-12)20(27)24-14-7-8-15(21)16(22)11-14/h2-11H,1H3,(H,24,27). The molecule has 27 heavy (non-hydrogen) atoms. The van der Waals surface area contributed by atoms with Gasteiger partial charge in [0.15, 0.2) is 17.3 Å². The summed E-state index contributed by atoms with van der Waals surface area (Å²) in [5.41, 5.74) is 2.79. The third kappa shape index (κ3) is 3.15. The first-order chi connectivity index (χ1) is 13.0. The van der Waals surface area contributed by atoms with Gasteiger partial charge in [-0.05, 0) is 36.4 Å². The smallest absolute Gasteiger partial charge is 0.255 e. The number of aryl methyl sites for hydroxylation is 1. The Hall–Kier alpha value is -3.61. The Balaban J connectivity index is 1.66. The van der Waals surface area contributed by atoms with Crippen molar-refractivity contribution in [2.24, 2.45) is 7.05 Å². The van der Waals surface area contributed by atoms with E-state index in [9.17, 15) is 13.6 Å². The summed E-state index contributed by atoms with van der Waals surface area (Å²) in [5.74, 6) is -1.75.